The molecule has 11 aromatic rings. The van der Waals surface area contributed by atoms with Crippen LogP contribution in [0.2, 0.25) is 0 Å². The highest BCUT2D eigenvalue weighted by Gasteiger charge is 2.21. The molecule has 54 heavy (non-hydrogen) atoms. The van der Waals surface area contributed by atoms with Gasteiger partial charge in [-0.2, -0.15) is 0 Å². The summed E-state index contributed by atoms with van der Waals surface area (Å²) in [6.07, 6.45) is 0. The normalized spacial score (nSPS) is 11.7. The lowest BCUT2D eigenvalue weighted by Crippen LogP contribution is -1.97. The molecule has 2 heteroatoms. The minimum absolute atomic E-state index is 1.14. The van der Waals surface area contributed by atoms with Crippen molar-refractivity contribution in [1.29, 1.82) is 0 Å². The minimum Gasteiger partial charge on any atom is -0.309 e. The Morgan fingerprint density at radius 3 is 1.22 bits per heavy atom. The molecule has 252 valence electrons. The molecule has 0 amide bonds. The molecule has 0 saturated carbocycles. The van der Waals surface area contributed by atoms with E-state index in [1.807, 2.05) is 0 Å². The number of para-hydroxylation sites is 2. The standard InChI is InChI=1S/C52H34N2/c1-4-16-35(17-5-1)39-30-40(36-18-6-2-7-19-36)33-41(32-39)53-47-26-14-12-24-44(47)51-49(53)28-29-50-52(51)45-25-13-15-27-48(45)54(50)42-31-38-22-10-11-23-43(38)46(34-42)37-20-8-3-9-21-37/h1-34H. The van der Waals surface area contributed by atoms with Crippen LogP contribution in [0, 0.1) is 0 Å². The Morgan fingerprint density at radius 2 is 0.685 bits per heavy atom. The number of hydrogen-bond donors (Lipinski definition) is 0. The third-order valence-electron chi connectivity index (χ3n) is 11.1. The van der Waals surface area contributed by atoms with Crippen LogP contribution in [0.3, 0.4) is 0 Å². The van der Waals surface area contributed by atoms with Crippen LogP contribution in [0.4, 0.5) is 0 Å². The van der Waals surface area contributed by atoms with E-state index in [1.165, 1.54) is 87.8 Å². The number of benzene rings is 9. The summed E-state index contributed by atoms with van der Waals surface area (Å²) in [6.45, 7) is 0. The van der Waals surface area contributed by atoms with Crippen molar-refractivity contribution in [3.05, 3.63) is 206 Å². The van der Waals surface area contributed by atoms with E-state index in [-0.39, 0.29) is 0 Å². The van der Waals surface area contributed by atoms with Crippen molar-refractivity contribution in [2.45, 2.75) is 0 Å². The molecule has 9 aromatic carbocycles. The maximum absolute atomic E-state index is 2.47. The number of nitrogens with zero attached hydrogens (tertiary/aromatic N) is 2. The zero-order valence-electron chi connectivity index (χ0n) is 29.5. The third kappa shape index (κ3) is 4.74. The molecule has 0 spiro atoms. The molecule has 0 saturated heterocycles. The van der Waals surface area contributed by atoms with Gasteiger partial charge in [-0.3, -0.25) is 0 Å². The highest BCUT2D eigenvalue weighted by molar-refractivity contribution is 6.29. The maximum Gasteiger partial charge on any atom is 0.0548 e. The smallest absolute Gasteiger partial charge is 0.0548 e. The van der Waals surface area contributed by atoms with Crippen LogP contribution in [0.15, 0.2) is 206 Å². The molecule has 2 aromatic heterocycles. The van der Waals surface area contributed by atoms with Gasteiger partial charge in [0, 0.05) is 32.9 Å². The number of rotatable bonds is 5. The van der Waals surface area contributed by atoms with Crippen LogP contribution >= 0.6 is 0 Å². The van der Waals surface area contributed by atoms with E-state index in [9.17, 15) is 0 Å². The van der Waals surface area contributed by atoms with Crippen molar-refractivity contribution in [2.24, 2.45) is 0 Å². The summed E-state index contributed by atoms with van der Waals surface area (Å²) in [5.41, 5.74) is 14.3. The van der Waals surface area contributed by atoms with E-state index in [0.29, 0.717) is 0 Å². The summed E-state index contributed by atoms with van der Waals surface area (Å²) in [5.74, 6) is 0. The van der Waals surface area contributed by atoms with Crippen LogP contribution in [0.25, 0.3) is 99.1 Å². The SMILES string of the molecule is c1ccc(-c2cc(-c3ccccc3)cc(-n3c4ccccc4c4c5c6ccccc6n(-c6cc(-c7ccccc7)c7ccccc7c6)c5ccc43)c2)cc1. The lowest BCUT2D eigenvalue weighted by atomic mass is 9.97. The topological polar surface area (TPSA) is 9.86 Å². The Labute approximate surface area is 313 Å². The van der Waals surface area contributed by atoms with Crippen LogP contribution in [0.1, 0.15) is 0 Å². The van der Waals surface area contributed by atoms with Crippen molar-refractivity contribution < 1.29 is 0 Å². The van der Waals surface area contributed by atoms with Gasteiger partial charge in [0.05, 0.1) is 22.1 Å². The molecule has 0 bridgehead atoms. The van der Waals surface area contributed by atoms with Gasteiger partial charge in [0.25, 0.3) is 0 Å². The summed E-state index contributed by atoms with van der Waals surface area (Å²) in [5, 5.41) is 7.52. The quantitative estimate of drug-likeness (QED) is 0.171. The van der Waals surface area contributed by atoms with Crippen LogP contribution < -0.4 is 0 Å². The lowest BCUT2D eigenvalue weighted by molar-refractivity contribution is 1.17. The molecule has 0 aliphatic carbocycles. The number of fused-ring (bicyclic) bond motifs is 8. The van der Waals surface area contributed by atoms with Gasteiger partial charge in [-0.25, -0.2) is 0 Å². The average molecular weight is 687 g/mol. The van der Waals surface area contributed by atoms with E-state index in [1.54, 1.807) is 0 Å². The number of aromatic nitrogens is 2. The number of hydrogen-bond acceptors (Lipinski definition) is 0. The molecule has 0 unspecified atom stereocenters. The van der Waals surface area contributed by atoms with Gasteiger partial charge in [0.1, 0.15) is 0 Å². The fourth-order valence-corrected chi connectivity index (χ4v) is 8.69. The highest BCUT2D eigenvalue weighted by Crippen LogP contribution is 2.44. The summed E-state index contributed by atoms with van der Waals surface area (Å²) < 4.78 is 4.94. The van der Waals surface area contributed by atoms with Gasteiger partial charge < -0.3 is 9.13 Å². The molecule has 11 rings (SSSR count). The lowest BCUT2D eigenvalue weighted by Gasteiger charge is -2.15. The van der Waals surface area contributed by atoms with E-state index < -0.39 is 0 Å². The van der Waals surface area contributed by atoms with E-state index in [0.717, 1.165) is 11.4 Å². The monoisotopic (exact) mass is 686 g/mol. The van der Waals surface area contributed by atoms with Gasteiger partial charge in [0.15, 0.2) is 0 Å². The van der Waals surface area contributed by atoms with E-state index >= 15 is 0 Å². The Hall–Kier alpha value is -7.16. The van der Waals surface area contributed by atoms with Gasteiger partial charge in [-0.15, -0.1) is 0 Å². The van der Waals surface area contributed by atoms with Crippen LogP contribution in [0.5, 0.6) is 0 Å². The Bertz CT molecular complexity index is 3130. The maximum atomic E-state index is 2.47. The summed E-state index contributed by atoms with van der Waals surface area (Å²) >= 11 is 0. The first kappa shape index (κ1) is 30.5. The molecule has 2 heterocycles. The Kier molecular flexibility index (Phi) is 6.90. The van der Waals surface area contributed by atoms with Crippen molar-refractivity contribution in [2.75, 3.05) is 0 Å². The molecule has 2 nitrogen and oxygen atoms in total. The predicted octanol–water partition coefficient (Wildman–Crippen LogP) is 14.0. The van der Waals surface area contributed by atoms with Gasteiger partial charge in [0.2, 0.25) is 0 Å². The zero-order valence-corrected chi connectivity index (χ0v) is 29.5. The van der Waals surface area contributed by atoms with Crippen LogP contribution in [-0.2, 0) is 0 Å². The second-order valence-corrected chi connectivity index (χ2v) is 14.1. The van der Waals surface area contributed by atoms with Gasteiger partial charge in [-0.1, -0.05) is 152 Å². The van der Waals surface area contributed by atoms with Crippen molar-refractivity contribution in [3.63, 3.8) is 0 Å². The van der Waals surface area contributed by atoms with Crippen molar-refractivity contribution >= 4 is 54.4 Å². The largest absolute Gasteiger partial charge is 0.309 e. The molecule has 0 radical (unpaired) electrons. The summed E-state index contributed by atoms with van der Waals surface area (Å²) in [7, 11) is 0. The van der Waals surface area contributed by atoms with E-state index in [4.69, 9.17) is 0 Å². The summed E-state index contributed by atoms with van der Waals surface area (Å²) in [6, 6.07) is 75.2. The fourth-order valence-electron chi connectivity index (χ4n) is 8.69. The molecule has 0 N–H and O–H groups in total. The second-order valence-electron chi connectivity index (χ2n) is 14.1. The van der Waals surface area contributed by atoms with Gasteiger partial charge in [-0.05, 0) is 98.8 Å². The Morgan fingerprint density at radius 1 is 0.259 bits per heavy atom. The second kappa shape index (κ2) is 12.2. The third-order valence-corrected chi connectivity index (χ3v) is 11.1. The first-order valence-corrected chi connectivity index (χ1v) is 18.6. The summed E-state index contributed by atoms with van der Waals surface area (Å²) in [4.78, 5) is 0. The molecule has 0 atom stereocenters. The van der Waals surface area contributed by atoms with Gasteiger partial charge >= 0.3 is 0 Å². The van der Waals surface area contributed by atoms with Crippen LogP contribution in [-0.4, -0.2) is 9.13 Å². The molecular weight excluding hydrogens is 653 g/mol. The molecule has 0 aliphatic heterocycles. The average Bonchev–Trinajstić information content (AvgIpc) is 3.77. The van der Waals surface area contributed by atoms with Crippen molar-refractivity contribution in [3.8, 4) is 44.8 Å². The van der Waals surface area contributed by atoms with E-state index in [2.05, 4.69) is 215 Å². The predicted molar refractivity (Wildman–Crippen MR) is 229 cm³/mol. The molecule has 0 fully saturated rings. The molecule has 0 aliphatic rings. The first-order valence-electron chi connectivity index (χ1n) is 18.6. The minimum atomic E-state index is 1.14. The Balaban J connectivity index is 1.23. The van der Waals surface area contributed by atoms with Crippen molar-refractivity contribution in [1.82, 2.24) is 9.13 Å². The zero-order chi connectivity index (χ0) is 35.6. The molecular formula is C52H34N2. The highest BCUT2D eigenvalue weighted by atomic mass is 15.0. The first-order chi connectivity index (χ1) is 26.8. The fraction of sp³-hybridized carbons (Fsp3) is 0.